The second kappa shape index (κ2) is 6.03. The minimum atomic E-state index is -0.616. The monoisotopic (exact) mass is 237 g/mol. The van der Waals surface area contributed by atoms with E-state index in [1.807, 2.05) is 0 Å². The summed E-state index contributed by atoms with van der Waals surface area (Å²) in [5.74, 6) is -0.0659. The summed E-state index contributed by atoms with van der Waals surface area (Å²) in [5, 5.41) is 3.18. The van der Waals surface area contributed by atoms with Gasteiger partial charge in [-0.05, 0) is 12.8 Å². The molecule has 1 heterocycles. The molecule has 6 heteroatoms. The lowest BCUT2D eigenvalue weighted by Crippen LogP contribution is -2.21. The number of rotatable bonds is 6. The van der Waals surface area contributed by atoms with E-state index < -0.39 is 5.91 Å². The Morgan fingerprint density at radius 2 is 2.24 bits per heavy atom. The molecule has 1 amide bonds. The Morgan fingerprint density at radius 1 is 1.53 bits per heavy atom. The van der Waals surface area contributed by atoms with Crippen LogP contribution in [0.5, 0.6) is 0 Å². The van der Waals surface area contributed by atoms with Gasteiger partial charge in [0, 0.05) is 12.2 Å². The van der Waals surface area contributed by atoms with Crippen molar-refractivity contribution < 1.29 is 4.79 Å². The molecular formula is C11H19N5O. The number of nitrogen functional groups attached to an aromatic ring is 1. The van der Waals surface area contributed by atoms with E-state index in [0.717, 1.165) is 19.3 Å². The fraction of sp³-hybridized carbons (Fsp3) is 0.545. The smallest absolute Gasteiger partial charge is 0.254 e. The van der Waals surface area contributed by atoms with Crippen molar-refractivity contribution in [3.05, 3.63) is 11.8 Å². The quantitative estimate of drug-likeness (QED) is 0.688. The van der Waals surface area contributed by atoms with Crippen molar-refractivity contribution in [1.82, 2.24) is 9.97 Å². The third kappa shape index (κ3) is 3.58. The number of anilines is 2. The van der Waals surface area contributed by atoms with Crippen LogP contribution in [0.2, 0.25) is 0 Å². The molecule has 0 spiro atoms. The van der Waals surface area contributed by atoms with Crippen molar-refractivity contribution in [3.8, 4) is 0 Å². The number of hydrogen-bond donors (Lipinski definition) is 3. The van der Waals surface area contributed by atoms with Gasteiger partial charge in [-0.25, -0.2) is 4.98 Å². The topological polar surface area (TPSA) is 107 Å². The number of primary amides is 1. The van der Waals surface area contributed by atoms with Gasteiger partial charge in [-0.2, -0.15) is 4.98 Å². The highest BCUT2D eigenvalue weighted by Crippen LogP contribution is 2.12. The van der Waals surface area contributed by atoms with Crippen LogP contribution in [0.1, 0.15) is 43.5 Å². The molecule has 6 nitrogen and oxygen atoms in total. The molecule has 0 aliphatic heterocycles. The molecule has 0 saturated heterocycles. The number of nitrogens with zero attached hydrogens (tertiary/aromatic N) is 2. The van der Waals surface area contributed by atoms with Crippen LogP contribution >= 0.6 is 0 Å². The molecule has 0 aromatic carbocycles. The van der Waals surface area contributed by atoms with Crippen LogP contribution in [0.3, 0.4) is 0 Å². The maximum atomic E-state index is 11.0. The lowest BCUT2D eigenvalue weighted by molar-refractivity contribution is 0.100. The van der Waals surface area contributed by atoms with Crippen LogP contribution in [0.25, 0.3) is 0 Å². The van der Waals surface area contributed by atoms with E-state index in [-0.39, 0.29) is 11.4 Å². The zero-order valence-corrected chi connectivity index (χ0v) is 10.2. The SMILES string of the molecule is CCCC(CC)Nc1ncc(C(N)=O)c(N)n1. The highest BCUT2D eigenvalue weighted by Gasteiger charge is 2.11. The van der Waals surface area contributed by atoms with Gasteiger partial charge >= 0.3 is 0 Å². The van der Waals surface area contributed by atoms with Crippen LogP contribution in [0.15, 0.2) is 6.20 Å². The summed E-state index contributed by atoms with van der Waals surface area (Å²) in [6.07, 6.45) is 4.46. The number of nitrogens with one attached hydrogen (secondary N) is 1. The third-order valence-corrected chi connectivity index (χ3v) is 2.55. The van der Waals surface area contributed by atoms with Gasteiger partial charge in [0.25, 0.3) is 5.91 Å². The molecule has 0 radical (unpaired) electrons. The summed E-state index contributed by atoms with van der Waals surface area (Å²) in [7, 11) is 0. The van der Waals surface area contributed by atoms with Gasteiger partial charge in [-0.15, -0.1) is 0 Å². The summed E-state index contributed by atoms with van der Waals surface area (Å²) in [6, 6.07) is 0.318. The van der Waals surface area contributed by atoms with Gasteiger partial charge in [0.2, 0.25) is 5.95 Å². The molecule has 5 N–H and O–H groups in total. The number of aromatic nitrogens is 2. The highest BCUT2D eigenvalue weighted by molar-refractivity contribution is 5.96. The van der Waals surface area contributed by atoms with Gasteiger partial charge in [0.1, 0.15) is 5.82 Å². The van der Waals surface area contributed by atoms with E-state index in [4.69, 9.17) is 11.5 Å². The Balaban J connectivity index is 2.79. The van der Waals surface area contributed by atoms with E-state index in [1.54, 1.807) is 0 Å². The molecular weight excluding hydrogens is 218 g/mol. The van der Waals surface area contributed by atoms with Gasteiger partial charge in [0.15, 0.2) is 0 Å². The fourth-order valence-corrected chi connectivity index (χ4v) is 1.56. The first kappa shape index (κ1) is 13.2. The molecule has 0 aliphatic carbocycles. The molecule has 1 rings (SSSR count). The molecule has 0 aliphatic rings. The minimum absolute atomic E-state index is 0.112. The molecule has 0 fully saturated rings. The normalized spacial score (nSPS) is 12.1. The van der Waals surface area contributed by atoms with Crippen molar-refractivity contribution in [2.45, 2.75) is 39.2 Å². The Kier molecular flexibility index (Phi) is 4.68. The van der Waals surface area contributed by atoms with Crippen molar-refractivity contribution in [2.24, 2.45) is 5.73 Å². The van der Waals surface area contributed by atoms with Crippen LogP contribution in [0, 0.1) is 0 Å². The summed E-state index contributed by atoms with van der Waals surface area (Å²) in [4.78, 5) is 19.0. The molecule has 1 aromatic rings. The lowest BCUT2D eigenvalue weighted by atomic mass is 10.1. The number of hydrogen-bond acceptors (Lipinski definition) is 5. The van der Waals surface area contributed by atoms with Crippen LogP contribution in [-0.2, 0) is 0 Å². The van der Waals surface area contributed by atoms with Crippen LogP contribution < -0.4 is 16.8 Å². The van der Waals surface area contributed by atoms with Gasteiger partial charge in [-0.1, -0.05) is 20.3 Å². The molecule has 0 saturated carbocycles. The second-order valence-corrected chi connectivity index (χ2v) is 3.89. The number of amides is 1. The fourth-order valence-electron chi connectivity index (χ4n) is 1.56. The standard InChI is InChI=1S/C11H19N5O/c1-3-5-7(4-2)15-11-14-6-8(10(13)17)9(12)16-11/h6-7H,3-5H2,1-2H3,(H2,13,17)(H3,12,14,15,16). The number of carbonyl (C=O) groups excluding carboxylic acids is 1. The molecule has 1 unspecified atom stereocenters. The zero-order chi connectivity index (χ0) is 12.8. The Labute approximate surface area is 101 Å². The number of nitrogens with two attached hydrogens (primary N) is 2. The van der Waals surface area contributed by atoms with Crippen molar-refractivity contribution in [2.75, 3.05) is 11.1 Å². The molecule has 94 valence electrons. The van der Waals surface area contributed by atoms with E-state index in [2.05, 4.69) is 29.1 Å². The van der Waals surface area contributed by atoms with Crippen molar-refractivity contribution in [3.63, 3.8) is 0 Å². The van der Waals surface area contributed by atoms with Gasteiger partial charge in [0.05, 0.1) is 5.56 Å². The van der Waals surface area contributed by atoms with Gasteiger partial charge in [-0.3, -0.25) is 4.79 Å². The largest absolute Gasteiger partial charge is 0.383 e. The first-order chi connectivity index (χ1) is 8.08. The predicted octanol–water partition coefficient (Wildman–Crippen LogP) is 1.15. The Morgan fingerprint density at radius 3 is 2.71 bits per heavy atom. The molecule has 0 bridgehead atoms. The van der Waals surface area contributed by atoms with Crippen molar-refractivity contribution in [1.29, 1.82) is 0 Å². The van der Waals surface area contributed by atoms with E-state index in [1.165, 1.54) is 6.20 Å². The first-order valence-electron chi connectivity index (χ1n) is 5.77. The predicted molar refractivity (Wildman–Crippen MR) is 67.6 cm³/mol. The average Bonchev–Trinajstić information content (AvgIpc) is 2.28. The Bertz CT molecular complexity index is 393. The minimum Gasteiger partial charge on any atom is -0.383 e. The average molecular weight is 237 g/mol. The summed E-state index contributed by atoms with van der Waals surface area (Å²) >= 11 is 0. The van der Waals surface area contributed by atoms with Crippen LogP contribution in [0.4, 0.5) is 11.8 Å². The lowest BCUT2D eigenvalue weighted by Gasteiger charge is -2.16. The van der Waals surface area contributed by atoms with Crippen molar-refractivity contribution >= 4 is 17.7 Å². The van der Waals surface area contributed by atoms with Gasteiger partial charge < -0.3 is 16.8 Å². The van der Waals surface area contributed by atoms with E-state index >= 15 is 0 Å². The molecule has 17 heavy (non-hydrogen) atoms. The third-order valence-electron chi connectivity index (χ3n) is 2.55. The highest BCUT2D eigenvalue weighted by atomic mass is 16.1. The maximum absolute atomic E-state index is 11.0. The summed E-state index contributed by atoms with van der Waals surface area (Å²) in [5.41, 5.74) is 10.9. The van der Waals surface area contributed by atoms with Crippen LogP contribution in [-0.4, -0.2) is 21.9 Å². The molecule has 1 aromatic heterocycles. The van der Waals surface area contributed by atoms with E-state index in [9.17, 15) is 4.79 Å². The zero-order valence-electron chi connectivity index (χ0n) is 10.2. The van der Waals surface area contributed by atoms with E-state index in [0.29, 0.717) is 12.0 Å². The molecule has 1 atom stereocenters. The summed E-state index contributed by atoms with van der Waals surface area (Å²) < 4.78 is 0. The Hall–Kier alpha value is -1.85. The second-order valence-electron chi connectivity index (χ2n) is 3.89. The summed E-state index contributed by atoms with van der Waals surface area (Å²) in [6.45, 7) is 4.21. The maximum Gasteiger partial charge on any atom is 0.254 e. The first-order valence-corrected chi connectivity index (χ1v) is 5.77. The number of carbonyl (C=O) groups is 1.